The van der Waals surface area contributed by atoms with Crippen molar-refractivity contribution in [2.75, 3.05) is 5.32 Å². The van der Waals surface area contributed by atoms with Gasteiger partial charge in [-0.15, -0.1) is 10.2 Å². The van der Waals surface area contributed by atoms with Gasteiger partial charge in [0, 0.05) is 19.5 Å². The fourth-order valence-electron chi connectivity index (χ4n) is 2.83. The van der Waals surface area contributed by atoms with Gasteiger partial charge in [0.1, 0.15) is 5.82 Å². The van der Waals surface area contributed by atoms with Crippen molar-refractivity contribution < 1.29 is 0 Å². The molecule has 0 fully saturated rings. The lowest BCUT2D eigenvalue weighted by Gasteiger charge is -2.11. The lowest BCUT2D eigenvalue weighted by atomic mass is 10.1. The number of benzene rings is 1. The van der Waals surface area contributed by atoms with Crippen LogP contribution in [0.4, 0.5) is 5.95 Å². The number of nitrogens with zero attached hydrogens (tertiary/aromatic N) is 3. The lowest BCUT2D eigenvalue weighted by molar-refractivity contribution is 0.635. The topological polar surface area (TPSA) is 42.7 Å². The van der Waals surface area contributed by atoms with Gasteiger partial charge < -0.3 is 5.32 Å². The molecule has 2 aromatic rings. The van der Waals surface area contributed by atoms with E-state index in [2.05, 4.69) is 52.1 Å². The summed E-state index contributed by atoms with van der Waals surface area (Å²) in [6.07, 6.45) is 4.80. The molecule has 1 aliphatic heterocycles. The molecule has 0 amide bonds. The molecule has 4 heteroatoms. The molecule has 2 heterocycles. The maximum Gasteiger partial charge on any atom is 0.224 e. The molecule has 1 aliphatic rings. The van der Waals surface area contributed by atoms with Crippen LogP contribution in [-0.2, 0) is 19.5 Å². The molecule has 0 spiro atoms. The van der Waals surface area contributed by atoms with E-state index in [1.807, 2.05) is 0 Å². The van der Waals surface area contributed by atoms with Crippen molar-refractivity contribution in [1.82, 2.24) is 14.8 Å². The van der Waals surface area contributed by atoms with Crippen molar-refractivity contribution in [1.29, 1.82) is 0 Å². The molecule has 0 radical (unpaired) electrons. The van der Waals surface area contributed by atoms with Gasteiger partial charge in [0.15, 0.2) is 0 Å². The number of nitrogens with one attached hydrogen (secondary N) is 1. The summed E-state index contributed by atoms with van der Waals surface area (Å²) >= 11 is 0. The number of aromatic nitrogens is 3. The van der Waals surface area contributed by atoms with Crippen LogP contribution in [-0.4, -0.2) is 14.8 Å². The van der Waals surface area contributed by atoms with Gasteiger partial charge in [-0.2, -0.15) is 0 Å². The standard InChI is InChI=1S/C16H22N4/c1-12-7-8-14(13(2)10-12)11-17-16-19-18-15-6-4-3-5-9-20(15)16/h7-8,10H,3-6,9,11H2,1-2H3,(H,17,19). The number of hydrogen-bond donors (Lipinski definition) is 1. The zero-order valence-corrected chi connectivity index (χ0v) is 12.3. The van der Waals surface area contributed by atoms with E-state index in [0.29, 0.717) is 0 Å². The Labute approximate surface area is 120 Å². The third-order valence-electron chi connectivity index (χ3n) is 4.04. The van der Waals surface area contributed by atoms with Crippen LogP contribution in [0.3, 0.4) is 0 Å². The second-order valence-electron chi connectivity index (χ2n) is 5.69. The highest BCUT2D eigenvalue weighted by Crippen LogP contribution is 2.18. The molecule has 0 bridgehead atoms. The third-order valence-corrected chi connectivity index (χ3v) is 4.04. The average Bonchev–Trinajstić information content (AvgIpc) is 2.66. The minimum absolute atomic E-state index is 0.810. The molecule has 0 unspecified atom stereocenters. The highest BCUT2D eigenvalue weighted by atomic mass is 15.3. The Kier molecular flexibility index (Phi) is 3.72. The molecule has 0 atom stereocenters. The Bertz CT molecular complexity index is 601. The molecule has 106 valence electrons. The second-order valence-corrected chi connectivity index (χ2v) is 5.69. The van der Waals surface area contributed by atoms with Crippen molar-refractivity contribution in [3.05, 3.63) is 40.7 Å². The second kappa shape index (κ2) is 5.65. The molecule has 1 aromatic heterocycles. The summed E-state index contributed by atoms with van der Waals surface area (Å²) in [5.41, 5.74) is 3.96. The first-order chi connectivity index (χ1) is 9.74. The molecule has 0 aliphatic carbocycles. The highest BCUT2D eigenvalue weighted by Gasteiger charge is 2.14. The number of rotatable bonds is 3. The quantitative estimate of drug-likeness (QED) is 0.931. The van der Waals surface area contributed by atoms with E-state index in [9.17, 15) is 0 Å². The fraction of sp³-hybridized carbons (Fsp3) is 0.500. The maximum absolute atomic E-state index is 4.32. The predicted molar refractivity (Wildman–Crippen MR) is 80.8 cm³/mol. The molecule has 20 heavy (non-hydrogen) atoms. The molecular weight excluding hydrogens is 248 g/mol. The monoisotopic (exact) mass is 270 g/mol. The van der Waals surface area contributed by atoms with Crippen molar-refractivity contribution in [3.63, 3.8) is 0 Å². The predicted octanol–water partition coefficient (Wildman–Crippen LogP) is 3.23. The summed E-state index contributed by atoms with van der Waals surface area (Å²) in [6, 6.07) is 6.58. The van der Waals surface area contributed by atoms with E-state index in [4.69, 9.17) is 0 Å². The Morgan fingerprint density at radius 1 is 1.15 bits per heavy atom. The summed E-state index contributed by atoms with van der Waals surface area (Å²) < 4.78 is 2.25. The molecule has 1 N–H and O–H groups in total. The average molecular weight is 270 g/mol. The smallest absolute Gasteiger partial charge is 0.224 e. The van der Waals surface area contributed by atoms with E-state index in [1.54, 1.807) is 0 Å². The number of fused-ring (bicyclic) bond motifs is 1. The van der Waals surface area contributed by atoms with Crippen LogP contribution in [0.5, 0.6) is 0 Å². The fourth-order valence-corrected chi connectivity index (χ4v) is 2.83. The SMILES string of the molecule is Cc1ccc(CNc2nnc3n2CCCCC3)c(C)c1. The zero-order valence-electron chi connectivity index (χ0n) is 12.3. The van der Waals surface area contributed by atoms with E-state index in [1.165, 1.54) is 36.0 Å². The van der Waals surface area contributed by atoms with Gasteiger partial charge in [0.05, 0.1) is 0 Å². The molecule has 4 nitrogen and oxygen atoms in total. The van der Waals surface area contributed by atoms with Crippen LogP contribution in [0.25, 0.3) is 0 Å². The summed E-state index contributed by atoms with van der Waals surface area (Å²) in [4.78, 5) is 0. The van der Waals surface area contributed by atoms with Gasteiger partial charge in [-0.25, -0.2) is 0 Å². The van der Waals surface area contributed by atoms with Gasteiger partial charge in [-0.3, -0.25) is 4.57 Å². The summed E-state index contributed by atoms with van der Waals surface area (Å²) in [5.74, 6) is 2.05. The van der Waals surface area contributed by atoms with Crippen molar-refractivity contribution >= 4 is 5.95 Å². The first kappa shape index (κ1) is 13.2. The van der Waals surface area contributed by atoms with Crippen LogP contribution in [0.1, 0.15) is 41.8 Å². The molecular formula is C16H22N4. The molecule has 1 aromatic carbocycles. The normalized spacial score (nSPS) is 14.7. The first-order valence-corrected chi connectivity index (χ1v) is 7.46. The van der Waals surface area contributed by atoms with E-state index >= 15 is 0 Å². The lowest BCUT2D eigenvalue weighted by Crippen LogP contribution is -2.09. The minimum Gasteiger partial charge on any atom is -0.350 e. The van der Waals surface area contributed by atoms with Gasteiger partial charge in [0.2, 0.25) is 5.95 Å². The van der Waals surface area contributed by atoms with Crippen molar-refractivity contribution in [3.8, 4) is 0 Å². The van der Waals surface area contributed by atoms with E-state index in [0.717, 1.165) is 31.3 Å². The van der Waals surface area contributed by atoms with Crippen LogP contribution < -0.4 is 5.32 Å². The summed E-state index contributed by atoms with van der Waals surface area (Å²) in [5, 5.41) is 12.1. The Hall–Kier alpha value is -1.84. The molecule has 0 saturated heterocycles. The van der Waals surface area contributed by atoms with Gasteiger partial charge in [-0.05, 0) is 37.8 Å². The van der Waals surface area contributed by atoms with Crippen LogP contribution in [0, 0.1) is 13.8 Å². The molecule has 0 saturated carbocycles. The van der Waals surface area contributed by atoms with Gasteiger partial charge >= 0.3 is 0 Å². The molecule has 3 rings (SSSR count). The van der Waals surface area contributed by atoms with E-state index in [-0.39, 0.29) is 0 Å². The number of hydrogen-bond acceptors (Lipinski definition) is 3. The third kappa shape index (κ3) is 2.69. The van der Waals surface area contributed by atoms with Gasteiger partial charge in [0.25, 0.3) is 0 Å². The minimum atomic E-state index is 0.810. The van der Waals surface area contributed by atoms with Crippen LogP contribution in [0.15, 0.2) is 18.2 Å². The van der Waals surface area contributed by atoms with Crippen molar-refractivity contribution in [2.45, 2.75) is 52.6 Å². The maximum atomic E-state index is 4.32. The van der Waals surface area contributed by atoms with Crippen molar-refractivity contribution in [2.24, 2.45) is 0 Å². The van der Waals surface area contributed by atoms with Gasteiger partial charge in [-0.1, -0.05) is 30.2 Å². The summed E-state index contributed by atoms with van der Waals surface area (Å²) in [7, 11) is 0. The summed E-state index contributed by atoms with van der Waals surface area (Å²) in [6.45, 7) is 6.14. The Morgan fingerprint density at radius 3 is 2.90 bits per heavy atom. The Morgan fingerprint density at radius 2 is 2.05 bits per heavy atom. The Balaban J connectivity index is 1.74. The highest BCUT2D eigenvalue weighted by molar-refractivity contribution is 5.35. The van der Waals surface area contributed by atoms with E-state index < -0.39 is 0 Å². The number of aryl methyl sites for hydroxylation is 3. The largest absolute Gasteiger partial charge is 0.350 e. The van der Waals surface area contributed by atoms with Crippen LogP contribution >= 0.6 is 0 Å². The zero-order chi connectivity index (χ0) is 13.9. The van der Waals surface area contributed by atoms with Crippen LogP contribution in [0.2, 0.25) is 0 Å². The first-order valence-electron chi connectivity index (χ1n) is 7.46. The number of anilines is 1.